The third kappa shape index (κ3) is 4.39. The van der Waals surface area contributed by atoms with Crippen LogP contribution in [0.4, 0.5) is 18.9 Å². The van der Waals surface area contributed by atoms with E-state index in [9.17, 15) is 31.6 Å². The standard InChI is InChI=1S/C20H11Cl2F3N4O4S/c21-10-7-16(28-34(32,33)11-1-2-15(22)14(8-11)20(23,24)25)17(27-9-10)18(30)12-4-6-29(31)19-13(12)3-5-26-19/h1-9,31H,(H,28,30)/p+1. The maximum atomic E-state index is 13.2. The SMILES string of the molecule is O=C(c1ncc(Cl)cc1NS(=O)(=O)c1ccc(Cl)c(C(F)(F)F)c1)c1cc[n+](O)c2[nH]ccc12. The van der Waals surface area contributed by atoms with Gasteiger partial charge in [0.25, 0.3) is 10.0 Å². The van der Waals surface area contributed by atoms with Crippen LogP contribution < -0.4 is 9.45 Å². The monoisotopic (exact) mass is 531 g/mol. The molecule has 0 saturated carbocycles. The minimum atomic E-state index is -4.89. The van der Waals surface area contributed by atoms with Gasteiger partial charge in [-0.3, -0.25) is 9.52 Å². The summed E-state index contributed by atoms with van der Waals surface area (Å²) in [5.74, 6) is -0.730. The molecule has 3 heterocycles. The Bertz CT molecular complexity index is 1560. The molecule has 1 aromatic carbocycles. The minimum absolute atomic E-state index is 0.0330. The molecule has 4 rings (SSSR count). The van der Waals surface area contributed by atoms with E-state index in [0.29, 0.717) is 11.5 Å². The van der Waals surface area contributed by atoms with Gasteiger partial charge >= 0.3 is 11.8 Å². The second kappa shape index (κ2) is 8.46. The van der Waals surface area contributed by atoms with Gasteiger partial charge in [-0.1, -0.05) is 27.9 Å². The third-order valence-corrected chi connectivity index (χ3v) is 6.64. The number of aromatic amines is 1. The van der Waals surface area contributed by atoms with Crippen LogP contribution in [0.5, 0.6) is 0 Å². The van der Waals surface area contributed by atoms with Crippen molar-refractivity contribution in [2.75, 3.05) is 4.72 Å². The van der Waals surface area contributed by atoms with Crippen LogP contribution in [-0.2, 0) is 16.2 Å². The van der Waals surface area contributed by atoms with Crippen molar-refractivity contribution < 1.29 is 36.3 Å². The predicted molar refractivity (Wildman–Crippen MR) is 116 cm³/mol. The summed E-state index contributed by atoms with van der Waals surface area (Å²) in [4.78, 5) is 19.2. The summed E-state index contributed by atoms with van der Waals surface area (Å²) in [5.41, 5.74) is -1.79. The van der Waals surface area contributed by atoms with Gasteiger partial charge in [0.05, 0.1) is 37.8 Å². The second-order valence-electron chi connectivity index (χ2n) is 6.94. The number of nitrogens with one attached hydrogen (secondary N) is 2. The number of ketones is 1. The molecule has 4 aromatic rings. The van der Waals surface area contributed by atoms with Gasteiger partial charge in [0.2, 0.25) is 5.78 Å². The minimum Gasteiger partial charge on any atom is -0.350 e. The molecular formula is C20H12Cl2F3N4O4S+. The van der Waals surface area contributed by atoms with Gasteiger partial charge in [0, 0.05) is 11.8 Å². The first-order chi connectivity index (χ1) is 15.9. The van der Waals surface area contributed by atoms with Gasteiger partial charge in [-0.15, -0.1) is 0 Å². The van der Waals surface area contributed by atoms with Crippen LogP contribution in [0.15, 0.2) is 59.9 Å². The highest BCUT2D eigenvalue weighted by Crippen LogP contribution is 2.36. The predicted octanol–water partition coefficient (Wildman–Crippen LogP) is 4.45. The number of rotatable bonds is 5. The van der Waals surface area contributed by atoms with E-state index in [1.165, 1.54) is 24.5 Å². The number of pyridine rings is 2. The highest BCUT2D eigenvalue weighted by atomic mass is 35.5. The van der Waals surface area contributed by atoms with Crippen LogP contribution in [-0.4, -0.2) is 29.4 Å². The van der Waals surface area contributed by atoms with Gasteiger partial charge in [0.15, 0.2) is 0 Å². The lowest BCUT2D eigenvalue weighted by Gasteiger charge is -2.14. The Kier molecular flexibility index (Phi) is 5.92. The smallest absolute Gasteiger partial charge is 0.350 e. The van der Waals surface area contributed by atoms with E-state index in [0.717, 1.165) is 29.1 Å². The van der Waals surface area contributed by atoms with Crippen molar-refractivity contribution in [3.8, 4) is 0 Å². The molecule has 0 aliphatic rings. The first-order valence-electron chi connectivity index (χ1n) is 9.19. The number of carbonyl (C=O) groups excluding carboxylic acids is 1. The molecule has 0 saturated heterocycles. The number of fused-ring (bicyclic) bond motifs is 1. The van der Waals surface area contributed by atoms with E-state index in [4.69, 9.17) is 23.2 Å². The molecule has 0 spiro atoms. The fourth-order valence-electron chi connectivity index (χ4n) is 3.19. The van der Waals surface area contributed by atoms with Crippen LogP contribution in [0.2, 0.25) is 10.0 Å². The van der Waals surface area contributed by atoms with Crippen molar-refractivity contribution >= 4 is 55.7 Å². The summed E-state index contributed by atoms with van der Waals surface area (Å²) >= 11 is 11.5. The Morgan fingerprint density at radius 1 is 1.15 bits per heavy atom. The highest BCUT2D eigenvalue weighted by Gasteiger charge is 2.35. The molecule has 3 N–H and O–H groups in total. The molecule has 0 bridgehead atoms. The highest BCUT2D eigenvalue weighted by molar-refractivity contribution is 7.92. The lowest BCUT2D eigenvalue weighted by atomic mass is 10.0. The van der Waals surface area contributed by atoms with E-state index in [1.54, 1.807) is 0 Å². The first-order valence-corrected chi connectivity index (χ1v) is 11.4. The molecule has 8 nitrogen and oxygen atoms in total. The van der Waals surface area contributed by atoms with E-state index in [-0.39, 0.29) is 27.6 Å². The largest absolute Gasteiger partial charge is 0.417 e. The number of benzene rings is 1. The molecule has 0 unspecified atom stereocenters. The Labute approximate surface area is 199 Å². The molecule has 0 fully saturated rings. The van der Waals surface area contributed by atoms with E-state index in [2.05, 4.69) is 14.7 Å². The molecule has 0 radical (unpaired) electrons. The lowest BCUT2D eigenvalue weighted by Crippen LogP contribution is -2.31. The fraction of sp³-hybridized carbons (Fsp3) is 0.0500. The maximum Gasteiger partial charge on any atom is 0.417 e. The molecule has 0 atom stereocenters. The summed E-state index contributed by atoms with van der Waals surface area (Å²) in [7, 11) is -4.62. The summed E-state index contributed by atoms with van der Waals surface area (Å²) in [6, 6.07) is 5.98. The topological polar surface area (TPSA) is 116 Å². The number of H-pyrrole nitrogens is 1. The maximum absolute atomic E-state index is 13.2. The molecule has 3 aromatic heterocycles. The van der Waals surface area contributed by atoms with Crippen molar-refractivity contribution in [1.29, 1.82) is 0 Å². The van der Waals surface area contributed by atoms with Crippen molar-refractivity contribution in [1.82, 2.24) is 9.97 Å². The van der Waals surface area contributed by atoms with Crippen molar-refractivity contribution in [3.05, 3.63) is 81.9 Å². The average Bonchev–Trinajstić information content (AvgIpc) is 3.23. The molecular weight excluding hydrogens is 520 g/mol. The fourth-order valence-corrected chi connectivity index (χ4v) is 4.66. The number of anilines is 1. The van der Waals surface area contributed by atoms with Crippen LogP contribution in [0.3, 0.4) is 0 Å². The number of hydrogen-bond donors (Lipinski definition) is 3. The number of carbonyl (C=O) groups is 1. The third-order valence-electron chi connectivity index (χ3n) is 4.74. The summed E-state index contributed by atoms with van der Waals surface area (Å²) in [5, 5.41) is 9.47. The Morgan fingerprint density at radius 3 is 2.59 bits per heavy atom. The Hall–Kier alpha value is -3.35. The van der Waals surface area contributed by atoms with E-state index in [1.807, 2.05) is 0 Å². The molecule has 14 heteroatoms. The molecule has 0 aliphatic heterocycles. The van der Waals surface area contributed by atoms with Crippen molar-refractivity contribution in [2.24, 2.45) is 0 Å². The van der Waals surface area contributed by atoms with Gasteiger partial charge in [-0.2, -0.15) is 13.2 Å². The zero-order chi connectivity index (χ0) is 24.8. The second-order valence-corrected chi connectivity index (χ2v) is 9.46. The van der Waals surface area contributed by atoms with Gasteiger partial charge < -0.3 is 5.21 Å². The zero-order valence-corrected chi connectivity index (χ0v) is 18.9. The van der Waals surface area contributed by atoms with Gasteiger partial charge in [-0.25, -0.2) is 18.4 Å². The van der Waals surface area contributed by atoms with Crippen molar-refractivity contribution in [3.63, 3.8) is 0 Å². The molecule has 0 amide bonds. The number of alkyl halides is 3. The molecule has 34 heavy (non-hydrogen) atoms. The van der Waals surface area contributed by atoms with Crippen LogP contribution in [0.25, 0.3) is 11.0 Å². The summed E-state index contributed by atoms with van der Waals surface area (Å²) < 4.78 is 68.2. The van der Waals surface area contributed by atoms with Gasteiger partial charge in [0.1, 0.15) is 11.9 Å². The quantitative estimate of drug-likeness (QED) is 0.200. The van der Waals surface area contributed by atoms with Crippen molar-refractivity contribution in [2.45, 2.75) is 11.1 Å². The number of aromatic nitrogens is 3. The Morgan fingerprint density at radius 2 is 1.88 bits per heavy atom. The van der Waals surface area contributed by atoms with Crippen LogP contribution >= 0.6 is 23.2 Å². The van der Waals surface area contributed by atoms with E-state index >= 15 is 0 Å². The van der Waals surface area contributed by atoms with Crippen LogP contribution in [0, 0.1) is 0 Å². The number of nitrogens with zero attached hydrogens (tertiary/aromatic N) is 2. The number of hydrogen-bond acceptors (Lipinski definition) is 5. The number of halogens is 5. The van der Waals surface area contributed by atoms with E-state index < -0.39 is 37.5 Å². The summed E-state index contributed by atoms with van der Waals surface area (Å²) in [6.45, 7) is 0. The lowest BCUT2D eigenvalue weighted by molar-refractivity contribution is -0.885. The van der Waals surface area contributed by atoms with Crippen LogP contribution in [0.1, 0.15) is 21.6 Å². The zero-order valence-electron chi connectivity index (χ0n) is 16.6. The Balaban J connectivity index is 1.78. The van der Waals surface area contributed by atoms with Gasteiger partial charge in [-0.05, 0) is 36.4 Å². The average molecular weight is 532 g/mol. The molecule has 176 valence electrons. The molecule has 0 aliphatic carbocycles. The normalized spacial score (nSPS) is 12.1. The number of sulfonamides is 1. The first kappa shape index (κ1) is 23.8. The summed E-state index contributed by atoms with van der Waals surface area (Å²) in [6.07, 6.45) is -1.11.